The minimum atomic E-state index is 0.0836. The van der Waals surface area contributed by atoms with Crippen molar-refractivity contribution in [3.63, 3.8) is 0 Å². The van der Waals surface area contributed by atoms with Gasteiger partial charge in [-0.05, 0) is 0 Å². The predicted octanol–water partition coefficient (Wildman–Crippen LogP) is 0.0592. The molecule has 0 fully saturated rings. The molecule has 7 heteroatoms. The van der Waals surface area contributed by atoms with Gasteiger partial charge in [-0.25, -0.2) is 9.67 Å². The van der Waals surface area contributed by atoms with E-state index in [9.17, 15) is 0 Å². The van der Waals surface area contributed by atoms with Crippen LogP contribution in [0.2, 0.25) is 0 Å². The number of rotatable bonds is 7. The molecule has 6 nitrogen and oxygen atoms in total. The molecule has 0 radical (unpaired) electrons. The molecule has 2 heterocycles. The third-order valence-corrected chi connectivity index (χ3v) is 3.06. The van der Waals surface area contributed by atoms with Crippen LogP contribution in [0.5, 0.6) is 0 Å². The van der Waals surface area contributed by atoms with Crippen LogP contribution in [0.15, 0.2) is 17.8 Å². The van der Waals surface area contributed by atoms with Crippen LogP contribution < -0.4 is 5.32 Å². The molecule has 0 atom stereocenters. The van der Waals surface area contributed by atoms with E-state index in [4.69, 9.17) is 5.11 Å². The van der Waals surface area contributed by atoms with Crippen molar-refractivity contribution in [1.29, 1.82) is 0 Å². The summed E-state index contributed by atoms with van der Waals surface area (Å²) in [6.07, 6.45) is 4.59. The van der Waals surface area contributed by atoms with E-state index in [2.05, 4.69) is 20.6 Å². The zero-order valence-electron chi connectivity index (χ0n) is 9.41. The van der Waals surface area contributed by atoms with Crippen LogP contribution in [0.3, 0.4) is 0 Å². The van der Waals surface area contributed by atoms with E-state index in [1.54, 1.807) is 16.0 Å². The van der Waals surface area contributed by atoms with Crippen LogP contribution >= 0.6 is 11.3 Å². The van der Waals surface area contributed by atoms with E-state index in [1.165, 1.54) is 0 Å². The van der Waals surface area contributed by atoms with Gasteiger partial charge in [0.25, 0.3) is 0 Å². The molecule has 0 aromatic carbocycles. The maximum absolute atomic E-state index is 8.74. The van der Waals surface area contributed by atoms with Crippen molar-refractivity contribution in [3.8, 4) is 0 Å². The van der Waals surface area contributed by atoms with Crippen LogP contribution in [0.25, 0.3) is 0 Å². The molecule has 2 rings (SSSR count). The second-order valence-electron chi connectivity index (χ2n) is 3.55. The Labute approximate surface area is 103 Å². The smallest absolute Gasteiger partial charge is 0.0964 e. The molecule has 92 valence electrons. The number of hydrogen-bond donors (Lipinski definition) is 2. The second kappa shape index (κ2) is 6.43. The summed E-state index contributed by atoms with van der Waals surface area (Å²) in [6.45, 7) is 2.14. The Hall–Kier alpha value is -1.31. The molecule has 2 aromatic heterocycles. The highest BCUT2D eigenvalue weighted by atomic mass is 32.1. The van der Waals surface area contributed by atoms with Gasteiger partial charge in [0.2, 0.25) is 0 Å². The Balaban J connectivity index is 1.67. The lowest BCUT2D eigenvalue weighted by Crippen LogP contribution is -2.16. The molecule has 0 saturated heterocycles. The lowest BCUT2D eigenvalue weighted by atomic mass is 10.4. The largest absolute Gasteiger partial charge is 0.394 e. The van der Waals surface area contributed by atoms with Crippen LogP contribution in [-0.2, 0) is 19.5 Å². The van der Waals surface area contributed by atoms with Gasteiger partial charge in [0.15, 0.2) is 0 Å². The third kappa shape index (κ3) is 3.88. The topological polar surface area (TPSA) is 75.9 Å². The number of nitrogens with one attached hydrogen (secondary N) is 1. The molecule has 0 amide bonds. The molecule has 2 aromatic rings. The van der Waals surface area contributed by atoms with Crippen molar-refractivity contribution in [2.45, 2.75) is 19.5 Å². The fraction of sp³-hybridized carbons (Fsp3) is 0.500. The van der Waals surface area contributed by atoms with Crippen molar-refractivity contribution < 1.29 is 5.11 Å². The number of aliphatic hydroxyl groups excluding tert-OH is 1. The lowest BCUT2D eigenvalue weighted by molar-refractivity contribution is 0.268. The molecule has 0 spiro atoms. The van der Waals surface area contributed by atoms with Gasteiger partial charge in [0, 0.05) is 37.3 Å². The maximum Gasteiger partial charge on any atom is 0.0964 e. The predicted molar refractivity (Wildman–Crippen MR) is 64.6 cm³/mol. The highest BCUT2D eigenvalue weighted by Crippen LogP contribution is 2.03. The lowest BCUT2D eigenvalue weighted by Gasteiger charge is -1.99. The SMILES string of the molecule is OCCn1cc(CNCCc2nccs2)nn1. The van der Waals surface area contributed by atoms with E-state index < -0.39 is 0 Å². The Bertz CT molecular complexity index is 428. The van der Waals surface area contributed by atoms with Crippen LogP contribution in [-0.4, -0.2) is 38.2 Å². The van der Waals surface area contributed by atoms with Crippen molar-refractivity contribution in [2.24, 2.45) is 0 Å². The molecule has 0 unspecified atom stereocenters. The third-order valence-electron chi connectivity index (χ3n) is 2.22. The van der Waals surface area contributed by atoms with Crippen LogP contribution in [0.4, 0.5) is 0 Å². The zero-order valence-corrected chi connectivity index (χ0v) is 10.2. The second-order valence-corrected chi connectivity index (χ2v) is 4.53. The minimum absolute atomic E-state index is 0.0836. The average Bonchev–Trinajstić information content (AvgIpc) is 2.96. The fourth-order valence-electron chi connectivity index (χ4n) is 1.42. The molecule has 2 N–H and O–H groups in total. The molecular formula is C10H15N5OS. The molecular weight excluding hydrogens is 238 g/mol. The first-order valence-corrected chi connectivity index (χ1v) is 6.35. The molecule has 17 heavy (non-hydrogen) atoms. The van der Waals surface area contributed by atoms with E-state index >= 15 is 0 Å². The average molecular weight is 253 g/mol. The zero-order chi connectivity index (χ0) is 11.9. The van der Waals surface area contributed by atoms with Crippen LogP contribution in [0.1, 0.15) is 10.7 Å². The number of nitrogens with zero attached hydrogens (tertiary/aromatic N) is 4. The van der Waals surface area contributed by atoms with Crippen molar-refractivity contribution in [3.05, 3.63) is 28.5 Å². The van der Waals surface area contributed by atoms with E-state index in [-0.39, 0.29) is 6.61 Å². The summed E-state index contributed by atoms with van der Waals surface area (Å²) in [6, 6.07) is 0. The van der Waals surface area contributed by atoms with E-state index in [0.717, 1.165) is 23.7 Å². The molecule has 0 aliphatic heterocycles. The first-order valence-electron chi connectivity index (χ1n) is 5.47. The standard InChI is InChI=1S/C10H15N5OS/c16-5-4-15-8-9(13-14-15)7-11-2-1-10-12-3-6-17-10/h3,6,8,11,16H,1-2,4-5,7H2. The number of aromatic nitrogens is 4. The Morgan fingerprint density at radius 2 is 2.41 bits per heavy atom. The van der Waals surface area contributed by atoms with E-state index in [0.29, 0.717) is 13.1 Å². The van der Waals surface area contributed by atoms with Gasteiger partial charge < -0.3 is 10.4 Å². The Kier molecular flexibility index (Phi) is 4.60. The highest BCUT2D eigenvalue weighted by molar-refractivity contribution is 7.09. The van der Waals surface area contributed by atoms with Gasteiger partial charge in [-0.15, -0.1) is 16.4 Å². The summed E-state index contributed by atoms with van der Waals surface area (Å²) in [5, 5.41) is 23.0. The van der Waals surface area contributed by atoms with Gasteiger partial charge in [0.05, 0.1) is 23.9 Å². The molecule has 0 saturated carbocycles. The van der Waals surface area contributed by atoms with E-state index in [1.807, 2.05) is 17.8 Å². The number of thiazole rings is 1. The normalized spacial score (nSPS) is 10.9. The fourth-order valence-corrected chi connectivity index (χ4v) is 2.04. The first kappa shape index (κ1) is 12.2. The molecule has 0 aliphatic rings. The van der Waals surface area contributed by atoms with Crippen molar-refractivity contribution in [1.82, 2.24) is 25.3 Å². The van der Waals surface area contributed by atoms with Crippen molar-refractivity contribution in [2.75, 3.05) is 13.2 Å². The quantitative estimate of drug-likeness (QED) is 0.682. The summed E-state index contributed by atoms with van der Waals surface area (Å²) in [5.41, 5.74) is 0.887. The monoisotopic (exact) mass is 253 g/mol. The molecule has 0 bridgehead atoms. The van der Waals surface area contributed by atoms with Gasteiger partial charge in [0.1, 0.15) is 0 Å². The Morgan fingerprint density at radius 1 is 1.47 bits per heavy atom. The first-order chi connectivity index (χ1) is 8.38. The minimum Gasteiger partial charge on any atom is -0.394 e. The summed E-state index contributed by atoms with van der Waals surface area (Å²) >= 11 is 1.67. The number of aliphatic hydroxyl groups is 1. The maximum atomic E-state index is 8.74. The Morgan fingerprint density at radius 3 is 3.18 bits per heavy atom. The van der Waals surface area contributed by atoms with Crippen LogP contribution in [0, 0.1) is 0 Å². The summed E-state index contributed by atoms with van der Waals surface area (Å²) in [5.74, 6) is 0. The van der Waals surface area contributed by atoms with Gasteiger partial charge in [-0.2, -0.15) is 0 Å². The van der Waals surface area contributed by atoms with Crippen molar-refractivity contribution >= 4 is 11.3 Å². The van der Waals surface area contributed by atoms with Gasteiger partial charge in [-0.1, -0.05) is 5.21 Å². The summed E-state index contributed by atoms with van der Waals surface area (Å²) in [4.78, 5) is 4.21. The number of hydrogen-bond acceptors (Lipinski definition) is 6. The summed E-state index contributed by atoms with van der Waals surface area (Å²) in [7, 11) is 0. The van der Waals surface area contributed by atoms with Gasteiger partial charge >= 0.3 is 0 Å². The van der Waals surface area contributed by atoms with Gasteiger partial charge in [-0.3, -0.25) is 0 Å². The highest BCUT2D eigenvalue weighted by Gasteiger charge is 2.00. The summed E-state index contributed by atoms with van der Waals surface area (Å²) < 4.78 is 1.64. The molecule has 0 aliphatic carbocycles.